The number of amides is 3. The number of imidazole rings is 1. The molecule has 1 aliphatic heterocycles. The van der Waals surface area contributed by atoms with Crippen LogP contribution in [0.4, 0.5) is 4.79 Å². The molecule has 1 saturated heterocycles. The number of nitrogens with one attached hydrogen (secondary N) is 2. The van der Waals surface area contributed by atoms with Gasteiger partial charge in [-0.05, 0) is 93.6 Å². The molecule has 2 aromatic rings. The van der Waals surface area contributed by atoms with Gasteiger partial charge in [0.25, 0.3) is 5.91 Å². The molecule has 2 unspecified atom stereocenters. The number of carbonyl (C=O) groups is 3. The molecule has 9 heteroatoms. The fourth-order valence-electron chi connectivity index (χ4n) is 8.16. The van der Waals surface area contributed by atoms with Crippen LogP contribution in [0.25, 0.3) is 5.65 Å². The van der Waals surface area contributed by atoms with Gasteiger partial charge in [0.2, 0.25) is 5.91 Å². The second-order valence-corrected chi connectivity index (χ2v) is 12.2. The number of rotatable bonds is 6. The minimum atomic E-state index is -1.07. The minimum Gasteiger partial charge on any atom is -0.465 e. The molecular formula is C28H37N5O4. The Hall–Kier alpha value is -3.10. The lowest BCUT2D eigenvalue weighted by Crippen LogP contribution is -2.51. The quantitative estimate of drug-likeness (QED) is 0.552. The van der Waals surface area contributed by atoms with Crippen LogP contribution >= 0.6 is 0 Å². The van der Waals surface area contributed by atoms with Crippen molar-refractivity contribution in [2.75, 3.05) is 19.6 Å². The summed E-state index contributed by atoms with van der Waals surface area (Å²) in [6, 6.07) is 5.25. The molecule has 5 aliphatic rings. The third-order valence-electron chi connectivity index (χ3n) is 9.41. The van der Waals surface area contributed by atoms with E-state index in [4.69, 9.17) is 5.11 Å². The van der Waals surface area contributed by atoms with Gasteiger partial charge in [0.15, 0.2) is 0 Å². The monoisotopic (exact) mass is 507 g/mol. The summed E-state index contributed by atoms with van der Waals surface area (Å²) in [5.41, 5.74) is 2.05. The third kappa shape index (κ3) is 4.68. The van der Waals surface area contributed by atoms with E-state index < -0.39 is 12.0 Å². The van der Waals surface area contributed by atoms with Crippen LogP contribution in [0, 0.1) is 23.2 Å². The minimum absolute atomic E-state index is 0.0758. The SMILES string of the molecule is CC(C(=O)N1CCCC(NC(=O)O)C1)c1cn2c(C(=O)NCC34CC5CC(CC(C5)C3)C4)cccc2n1. The van der Waals surface area contributed by atoms with Gasteiger partial charge < -0.3 is 20.6 Å². The summed E-state index contributed by atoms with van der Waals surface area (Å²) in [5.74, 6) is 1.87. The summed E-state index contributed by atoms with van der Waals surface area (Å²) in [6.07, 6.45) is 10.1. The molecular weight excluding hydrogens is 470 g/mol. The fourth-order valence-corrected chi connectivity index (χ4v) is 8.16. The van der Waals surface area contributed by atoms with Gasteiger partial charge in [-0.25, -0.2) is 9.78 Å². The van der Waals surface area contributed by atoms with Crippen LogP contribution in [-0.4, -0.2) is 63.0 Å². The Morgan fingerprint density at radius 2 is 1.84 bits per heavy atom. The van der Waals surface area contributed by atoms with Gasteiger partial charge in [0.05, 0.1) is 11.6 Å². The van der Waals surface area contributed by atoms with E-state index in [9.17, 15) is 14.4 Å². The molecule has 3 amide bonds. The number of piperidine rings is 1. The molecule has 198 valence electrons. The number of likely N-dealkylation sites (tertiary alicyclic amines) is 1. The number of hydrogen-bond donors (Lipinski definition) is 3. The zero-order chi connectivity index (χ0) is 25.7. The molecule has 9 nitrogen and oxygen atoms in total. The van der Waals surface area contributed by atoms with E-state index in [-0.39, 0.29) is 23.3 Å². The van der Waals surface area contributed by atoms with Crippen LogP contribution in [0.2, 0.25) is 0 Å². The Balaban J connectivity index is 1.15. The van der Waals surface area contributed by atoms with Crippen molar-refractivity contribution in [2.45, 2.75) is 70.3 Å². The van der Waals surface area contributed by atoms with Crippen molar-refractivity contribution in [3.8, 4) is 0 Å². The average Bonchev–Trinajstić information content (AvgIpc) is 3.30. The van der Waals surface area contributed by atoms with E-state index in [0.29, 0.717) is 30.1 Å². The number of nitrogens with zero attached hydrogens (tertiary/aromatic N) is 3. The third-order valence-corrected chi connectivity index (χ3v) is 9.41. The largest absolute Gasteiger partial charge is 0.465 e. The van der Waals surface area contributed by atoms with Crippen molar-refractivity contribution in [1.82, 2.24) is 24.9 Å². The van der Waals surface area contributed by atoms with Crippen LogP contribution in [0.3, 0.4) is 0 Å². The van der Waals surface area contributed by atoms with Gasteiger partial charge >= 0.3 is 6.09 Å². The second kappa shape index (κ2) is 9.33. The molecule has 4 saturated carbocycles. The van der Waals surface area contributed by atoms with Gasteiger partial charge in [-0.1, -0.05) is 6.07 Å². The van der Waals surface area contributed by atoms with Gasteiger partial charge in [0.1, 0.15) is 11.3 Å². The number of carbonyl (C=O) groups excluding carboxylic acids is 2. The number of hydrogen-bond acceptors (Lipinski definition) is 4. The first-order chi connectivity index (χ1) is 17.8. The molecule has 7 rings (SSSR count). The highest BCUT2D eigenvalue weighted by Crippen LogP contribution is 2.59. The lowest BCUT2D eigenvalue weighted by molar-refractivity contribution is -0.133. The zero-order valence-electron chi connectivity index (χ0n) is 21.5. The van der Waals surface area contributed by atoms with Crippen LogP contribution in [0.15, 0.2) is 24.4 Å². The van der Waals surface area contributed by atoms with Gasteiger partial charge in [-0.2, -0.15) is 0 Å². The Morgan fingerprint density at radius 1 is 1.14 bits per heavy atom. The van der Waals surface area contributed by atoms with Crippen molar-refractivity contribution in [3.63, 3.8) is 0 Å². The first-order valence-corrected chi connectivity index (χ1v) is 13.8. The Labute approximate surface area is 217 Å². The summed E-state index contributed by atoms with van der Waals surface area (Å²) >= 11 is 0. The predicted octanol–water partition coefficient (Wildman–Crippen LogP) is 3.64. The first kappa shape index (κ1) is 24.2. The maximum absolute atomic E-state index is 13.3. The molecule has 4 aliphatic carbocycles. The second-order valence-electron chi connectivity index (χ2n) is 12.2. The van der Waals surface area contributed by atoms with Crippen molar-refractivity contribution < 1.29 is 19.5 Å². The molecule has 5 fully saturated rings. The molecule has 3 N–H and O–H groups in total. The van der Waals surface area contributed by atoms with Gasteiger partial charge in [0, 0.05) is 31.9 Å². The van der Waals surface area contributed by atoms with E-state index in [1.807, 2.05) is 25.1 Å². The molecule has 3 heterocycles. The van der Waals surface area contributed by atoms with Crippen LogP contribution in [0.1, 0.15) is 80.4 Å². The number of carboxylic acid groups (broad SMARTS) is 1. The van der Waals surface area contributed by atoms with Crippen molar-refractivity contribution in [1.29, 1.82) is 0 Å². The van der Waals surface area contributed by atoms with Crippen molar-refractivity contribution in [3.05, 3.63) is 35.8 Å². The van der Waals surface area contributed by atoms with E-state index in [1.165, 1.54) is 38.5 Å². The fraction of sp³-hybridized carbons (Fsp3) is 0.643. The lowest BCUT2D eigenvalue weighted by atomic mass is 9.49. The number of pyridine rings is 1. The van der Waals surface area contributed by atoms with Crippen LogP contribution in [0.5, 0.6) is 0 Å². The van der Waals surface area contributed by atoms with Crippen LogP contribution in [-0.2, 0) is 4.79 Å². The predicted molar refractivity (Wildman–Crippen MR) is 137 cm³/mol. The molecule has 2 atom stereocenters. The van der Waals surface area contributed by atoms with Crippen molar-refractivity contribution in [2.24, 2.45) is 23.2 Å². The Kier molecular flexibility index (Phi) is 6.12. The normalized spacial score (nSPS) is 31.3. The average molecular weight is 508 g/mol. The Bertz CT molecular complexity index is 1190. The standard InChI is InChI=1S/C28H37N5O4/c1-17(26(35)32-7-3-4-21(14-32)30-27(36)37)22-15-33-23(5-2-6-24(33)31-22)25(34)29-16-28-11-18-8-19(12-28)10-20(9-18)13-28/h2,5-6,15,17-21,30H,3-4,7-14,16H2,1H3,(H,29,34)(H,36,37). The highest BCUT2D eigenvalue weighted by molar-refractivity contribution is 5.93. The highest BCUT2D eigenvalue weighted by Gasteiger charge is 2.50. The maximum atomic E-state index is 13.3. The topological polar surface area (TPSA) is 116 Å². The van der Waals surface area contributed by atoms with E-state index in [0.717, 1.165) is 37.1 Å². The molecule has 0 spiro atoms. The highest BCUT2D eigenvalue weighted by atomic mass is 16.4. The summed E-state index contributed by atoms with van der Waals surface area (Å²) in [4.78, 5) is 44.0. The maximum Gasteiger partial charge on any atom is 0.404 e. The van der Waals surface area contributed by atoms with E-state index in [2.05, 4.69) is 15.6 Å². The summed E-state index contributed by atoms with van der Waals surface area (Å²) in [5, 5.41) is 14.8. The molecule has 2 aromatic heterocycles. The van der Waals surface area contributed by atoms with E-state index in [1.54, 1.807) is 15.5 Å². The van der Waals surface area contributed by atoms with Crippen molar-refractivity contribution >= 4 is 23.6 Å². The lowest BCUT2D eigenvalue weighted by Gasteiger charge is -2.56. The molecule has 0 aromatic carbocycles. The summed E-state index contributed by atoms with van der Waals surface area (Å²) in [6.45, 7) is 3.53. The summed E-state index contributed by atoms with van der Waals surface area (Å²) in [7, 11) is 0. The molecule has 37 heavy (non-hydrogen) atoms. The van der Waals surface area contributed by atoms with Crippen LogP contribution < -0.4 is 10.6 Å². The first-order valence-electron chi connectivity index (χ1n) is 13.8. The summed E-state index contributed by atoms with van der Waals surface area (Å²) < 4.78 is 1.79. The zero-order valence-corrected chi connectivity index (χ0v) is 21.5. The Morgan fingerprint density at radius 3 is 2.51 bits per heavy atom. The smallest absolute Gasteiger partial charge is 0.404 e. The molecule has 0 radical (unpaired) electrons. The molecule has 4 bridgehead atoms. The van der Waals surface area contributed by atoms with Gasteiger partial charge in [-0.3, -0.25) is 14.0 Å². The van der Waals surface area contributed by atoms with Gasteiger partial charge in [-0.15, -0.1) is 0 Å². The number of fused-ring (bicyclic) bond motifs is 1. The number of aromatic nitrogens is 2. The van der Waals surface area contributed by atoms with E-state index >= 15 is 0 Å².